The SMILES string of the molecule is C[C@H]1c2cccc(O)c2C(=O)C2=C(O)[C@]3(O)C(=O)C(C(N)O)=C(O)[C@@H](N(C)C)[C@@H]3[C@@H](OC(=O)CC3CCCC3)[C@@H]21. The Morgan fingerprint density at radius 3 is 2.42 bits per heavy atom. The highest BCUT2D eigenvalue weighted by Gasteiger charge is 2.68. The molecule has 1 fully saturated rings. The van der Waals surface area contributed by atoms with Crippen LogP contribution in [0.4, 0.5) is 0 Å². The second-order valence-corrected chi connectivity index (χ2v) is 11.7. The first-order valence-corrected chi connectivity index (χ1v) is 13.6. The Hall–Kier alpha value is -3.25. The quantitative estimate of drug-likeness (QED) is 0.228. The summed E-state index contributed by atoms with van der Waals surface area (Å²) in [6, 6.07) is 3.30. The van der Waals surface area contributed by atoms with E-state index in [1.807, 2.05) is 0 Å². The molecule has 0 amide bonds. The van der Waals surface area contributed by atoms with Gasteiger partial charge in [0.05, 0.1) is 23.1 Å². The smallest absolute Gasteiger partial charge is 0.306 e. The van der Waals surface area contributed by atoms with Crippen molar-refractivity contribution >= 4 is 17.5 Å². The van der Waals surface area contributed by atoms with Gasteiger partial charge in [0.25, 0.3) is 0 Å². The lowest BCUT2D eigenvalue weighted by Gasteiger charge is -2.54. The lowest BCUT2D eigenvalue weighted by atomic mass is 9.55. The van der Waals surface area contributed by atoms with E-state index < -0.39 is 76.4 Å². The summed E-state index contributed by atoms with van der Waals surface area (Å²) < 4.78 is 6.08. The van der Waals surface area contributed by atoms with E-state index >= 15 is 0 Å². The van der Waals surface area contributed by atoms with Gasteiger partial charge in [-0.25, -0.2) is 0 Å². The van der Waals surface area contributed by atoms with E-state index in [1.54, 1.807) is 33.2 Å². The molecule has 7 N–H and O–H groups in total. The van der Waals surface area contributed by atoms with E-state index in [0.717, 1.165) is 25.7 Å². The van der Waals surface area contributed by atoms with Crippen LogP contribution in [0.2, 0.25) is 0 Å². The van der Waals surface area contributed by atoms with Gasteiger partial charge in [-0.15, -0.1) is 0 Å². The van der Waals surface area contributed by atoms with E-state index in [-0.39, 0.29) is 29.2 Å². The molecule has 4 aliphatic rings. The number of likely N-dealkylation sites (N-methyl/N-ethyl adjacent to an activating group) is 1. The average molecular weight is 557 g/mol. The molecule has 1 aromatic rings. The van der Waals surface area contributed by atoms with Crippen molar-refractivity contribution in [1.29, 1.82) is 0 Å². The van der Waals surface area contributed by atoms with Crippen LogP contribution >= 0.6 is 0 Å². The third-order valence-electron chi connectivity index (χ3n) is 9.25. The Kier molecular flexibility index (Phi) is 7.06. The minimum absolute atomic E-state index is 0.0872. The summed E-state index contributed by atoms with van der Waals surface area (Å²) in [6.07, 6.45) is 0.472. The van der Waals surface area contributed by atoms with Gasteiger partial charge in [0.15, 0.2) is 11.4 Å². The molecule has 11 heteroatoms. The van der Waals surface area contributed by atoms with Gasteiger partial charge in [-0.2, -0.15) is 0 Å². The second-order valence-electron chi connectivity index (χ2n) is 11.7. The topological polar surface area (TPSA) is 191 Å². The number of hydrogen-bond donors (Lipinski definition) is 6. The fourth-order valence-corrected chi connectivity index (χ4v) is 7.42. The van der Waals surface area contributed by atoms with Gasteiger partial charge in [0.2, 0.25) is 5.78 Å². The zero-order valence-electron chi connectivity index (χ0n) is 22.7. The number of aliphatic hydroxyl groups is 4. The first kappa shape index (κ1) is 28.3. The summed E-state index contributed by atoms with van der Waals surface area (Å²) in [4.78, 5) is 42.5. The van der Waals surface area contributed by atoms with Crippen molar-refractivity contribution in [3.63, 3.8) is 0 Å². The van der Waals surface area contributed by atoms with Crippen LogP contribution in [-0.4, -0.2) is 86.0 Å². The Labute approximate surface area is 231 Å². The third kappa shape index (κ3) is 3.98. The lowest BCUT2D eigenvalue weighted by Crippen LogP contribution is -2.69. The first-order valence-electron chi connectivity index (χ1n) is 13.6. The lowest BCUT2D eigenvalue weighted by molar-refractivity contribution is -0.182. The summed E-state index contributed by atoms with van der Waals surface area (Å²) in [5.41, 5.74) is 2.01. The van der Waals surface area contributed by atoms with Crippen LogP contribution in [0.25, 0.3) is 0 Å². The maximum atomic E-state index is 13.9. The van der Waals surface area contributed by atoms with Crippen molar-refractivity contribution in [3.8, 4) is 5.75 Å². The van der Waals surface area contributed by atoms with Gasteiger partial charge in [0.1, 0.15) is 29.6 Å². The number of benzene rings is 1. The molecule has 216 valence electrons. The molecular formula is C29H36N2O9. The van der Waals surface area contributed by atoms with E-state index in [0.29, 0.717) is 5.56 Å². The number of nitrogens with two attached hydrogens (primary N) is 1. The molecule has 0 aliphatic heterocycles. The largest absolute Gasteiger partial charge is 0.510 e. The van der Waals surface area contributed by atoms with Crippen molar-refractivity contribution in [2.24, 2.45) is 23.5 Å². The number of hydrogen-bond acceptors (Lipinski definition) is 11. The minimum atomic E-state index is -2.88. The number of ether oxygens (including phenoxy) is 1. The highest BCUT2D eigenvalue weighted by Crippen LogP contribution is 2.56. The molecule has 0 aromatic heterocycles. The normalized spacial score (nSPS) is 33.1. The molecule has 0 spiro atoms. The predicted octanol–water partition coefficient (Wildman–Crippen LogP) is 1.58. The third-order valence-corrected chi connectivity index (χ3v) is 9.25. The van der Waals surface area contributed by atoms with Crippen molar-refractivity contribution < 1.29 is 44.7 Å². The van der Waals surface area contributed by atoms with E-state index in [1.165, 1.54) is 11.0 Å². The summed E-state index contributed by atoms with van der Waals surface area (Å²) in [6.45, 7) is 1.74. The zero-order valence-corrected chi connectivity index (χ0v) is 22.7. The number of phenols is 1. The summed E-state index contributed by atoms with van der Waals surface area (Å²) in [7, 11) is 3.10. The number of esters is 1. The molecule has 7 atom stereocenters. The Bertz CT molecular complexity index is 1330. The molecule has 11 nitrogen and oxygen atoms in total. The van der Waals surface area contributed by atoms with Gasteiger partial charge in [0, 0.05) is 17.9 Å². The molecule has 5 rings (SSSR count). The Balaban J connectivity index is 1.75. The first-order chi connectivity index (χ1) is 18.8. The number of ketones is 2. The maximum absolute atomic E-state index is 13.9. The summed E-state index contributed by atoms with van der Waals surface area (Å²) in [5.74, 6) is -7.62. The number of carbonyl (C=O) groups is 3. The molecule has 0 bridgehead atoms. The zero-order chi connectivity index (χ0) is 29.3. The Morgan fingerprint density at radius 2 is 1.82 bits per heavy atom. The highest BCUT2D eigenvalue weighted by atomic mass is 16.5. The summed E-state index contributed by atoms with van der Waals surface area (Å²) >= 11 is 0. The standard InChI is InChI=1S/C29H36N2O9/c1-12-14-9-6-10-15(32)18(14)23(34)19-17(12)25(40-16(33)11-13-7-4-5-8-13)21-22(31(2)3)24(35)20(28(30)38)27(37)29(21,39)26(19)36/h6,9-10,12-13,17,21-22,25,28,32,35-36,38-39H,4-5,7-8,11,30H2,1-3H3/t12-,17+,21+,22-,25-,28?,29-/m0/s1. The molecule has 4 aliphatic carbocycles. The van der Waals surface area contributed by atoms with Crippen LogP contribution in [-0.2, 0) is 14.3 Å². The van der Waals surface area contributed by atoms with Crippen LogP contribution in [0.1, 0.15) is 60.9 Å². The van der Waals surface area contributed by atoms with Gasteiger partial charge >= 0.3 is 5.97 Å². The van der Waals surface area contributed by atoms with Gasteiger partial charge < -0.3 is 36.0 Å². The molecule has 0 heterocycles. The van der Waals surface area contributed by atoms with E-state index in [4.69, 9.17) is 10.5 Å². The molecular weight excluding hydrogens is 520 g/mol. The summed E-state index contributed by atoms with van der Waals surface area (Å²) in [5, 5.41) is 55.7. The van der Waals surface area contributed by atoms with Crippen LogP contribution in [0.3, 0.4) is 0 Å². The fraction of sp³-hybridized carbons (Fsp3) is 0.552. The van der Waals surface area contributed by atoms with Crippen LogP contribution in [0, 0.1) is 17.8 Å². The molecule has 1 unspecified atom stereocenters. The van der Waals surface area contributed by atoms with Crippen molar-refractivity contribution in [3.05, 3.63) is 52.0 Å². The Morgan fingerprint density at radius 1 is 1.18 bits per heavy atom. The van der Waals surface area contributed by atoms with Crippen molar-refractivity contribution in [2.75, 3.05) is 14.1 Å². The number of aromatic hydroxyl groups is 1. The average Bonchev–Trinajstić information content (AvgIpc) is 3.38. The number of fused-ring (bicyclic) bond motifs is 3. The van der Waals surface area contributed by atoms with Gasteiger partial charge in [-0.1, -0.05) is 31.9 Å². The number of phenolic OH excluding ortho intramolecular Hbond substituents is 1. The van der Waals surface area contributed by atoms with Crippen LogP contribution < -0.4 is 5.73 Å². The number of carbonyl (C=O) groups excluding carboxylic acids is 3. The number of Topliss-reactive ketones (excluding diaryl/α,β-unsaturated/α-hetero) is 2. The van der Waals surface area contributed by atoms with E-state index in [9.17, 15) is 39.9 Å². The fourth-order valence-electron chi connectivity index (χ4n) is 7.42. The van der Waals surface area contributed by atoms with E-state index in [2.05, 4.69) is 0 Å². The number of nitrogens with zero attached hydrogens (tertiary/aromatic N) is 1. The molecule has 1 aromatic carbocycles. The highest BCUT2D eigenvalue weighted by molar-refractivity contribution is 6.16. The van der Waals surface area contributed by atoms with Gasteiger partial charge in [-0.3, -0.25) is 19.3 Å². The predicted molar refractivity (Wildman–Crippen MR) is 141 cm³/mol. The van der Waals surface area contributed by atoms with Crippen molar-refractivity contribution in [2.45, 2.75) is 68.9 Å². The maximum Gasteiger partial charge on any atom is 0.306 e. The molecule has 1 saturated carbocycles. The van der Waals surface area contributed by atoms with Crippen LogP contribution in [0.15, 0.2) is 40.9 Å². The minimum Gasteiger partial charge on any atom is -0.510 e. The molecule has 40 heavy (non-hydrogen) atoms. The molecule has 0 radical (unpaired) electrons. The number of rotatable bonds is 5. The second kappa shape index (κ2) is 9.99. The molecule has 0 saturated heterocycles. The monoisotopic (exact) mass is 556 g/mol. The number of aliphatic hydroxyl groups excluding tert-OH is 3. The van der Waals surface area contributed by atoms with Crippen molar-refractivity contribution in [1.82, 2.24) is 4.90 Å². The van der Waals surface area contributed by atoms with Gasteiger partial charge in [-0.05, 0) is 50.4 Å². The van der Waals surface area contributed by atoms with Crippen LogP contribution in [0.5, 0.6) is 5.75 Å².